The topological polar surface area (TPSA) is 49.6 Å². The van der Waals surface area contributed by atoms with Crippen LogP contribution >= 0.6 is 0 Å². The summed E-state index contributed by atoms with van der Waals surface area (Å²) in [5.74, 6) is 1.14. The number of phenols is 1. The second-order valence-corrected chi connectivity index (χ2v) is 7.12. The fourth-order valence-electron chi connectivity index (χ4n) is 3.63. The molecule has 0 atom stereocenters. The molecule has 0 fully saturated rings. The van der Waals surface area contributed by atoms with Gasteiger partial charge in [0.15, 0.2) is 0 Å². The lowest BCUT2D eigenvalue weighted by Gasteiger charge is -2.15. The summed E-state index contributed by atoms with van der Waals surface area (Å²) in [5, 5.41) is 13.6. The first-order chi connectivity index (χ1) is 12.9. The van der Waals surface area contributed by atoms with Crippen LogP contribution in [0.2, 0.25) is 0 Å². The van der Waals surface area contributed by atoms with Gasteiger partial charge in [0.2, 0.25) is 0 Å². The number of fused-ring (bicyclic) bond motifs is 1. The van der Waals surface area contributed by atoms with Gasteiger partial charge in [0.05, 0.1) is 0 Å². The van der Waals surface area contributed by atoms with E-state index in [0.717, 1.165) is 34.1 Å². The number of hydrogen-bond acceptors (Lipinski definition) is 3. The molecule has 2 heterocycles. The van der Waals surface area contributed by atoms with E-state index in [1.54, 1.807) is 12.1 Å². The zero-order valence-corrected chi connectivity index (χ0v) is 16.0. The van der Waals surface area contributed by atoms with Crippen molar-refractivity contribution in [1.29, 1.82) is 0 Å². The van der Waals surface area contributed by atoms with Crippen molar-refractivity contribution in [3.05, 3.63) is 77.0 Å². The number of anilines is 2. The Balaban J connectivity index is 2.00. The second-order valence-electron chi connectivity index (χ2n) is 7.12. The van der Waals surface area contributed by atoms with Gasteiger partial charge in [0.25, 0.3) is 0 Å². The van der Waals surface area contributed by atoms with Crippen molar-refractivity contribution in [3.63, 3.8) is 0 Å². The molecule has 0 saturated carbocycles. The summed E-state index contributed by atoms with van der Waals surface area (Å²) in [4.78, 5) is 4.89. The van der Waals surface area contributed by atoms with E-state index in [4.69, 9.17) is 4.98 Å². The lowest BCUT2D eigenvalue weighted by atomic mass is 10.1. The van der Waals surface area contributed by atoms with Gasteiger partial charge in [-0.1, -0.05) is 30.3 Å². The number of hydrogen-bond donors (Lipinski definition) is 2. The van der Waals surface area contributed by atoms with Gasteiger partial charge in [0.1, 0.15) is 22.9 Å². The predicted molar refractivity (Wildman–Crippen MR) is 111 cm³/mol. The van der Waals surface area contributed by atoms with Crippen molar-refractivity contribution in [1.82, 2.24) is 9.38 Å². The van der Waals surface area contributed by atoms with E-state index < -0.39 is 0 Å². The molecule has 0 aliphatic heterocycles. The summed E-state index contributed by atoms with van der Waals surface area (Å²) in [7, 11) is 0. The van der Waals surface area contributed by atoms with E-state index >= 15 is 0 Å². The van der Waals surface area contributed by atoms with Crippen LogP contribution in [-0.4, -0.2) is 14.5 Å². The zero-order valence-electron chi connectivity index (χ0n) is 16.0. The van der Waals surface area contributed by atoms with Crippen molar-refractivity contribution < 1.29 is 5.11 Å². The van der Waals surface area contributed by atoms with Crippen molar-refractivity contribution in [2.75, 3.05) is 5.32 Å². The molecule has 2 aromatic carbocycles. The van der Waals surface area contributed by atoms with Crippen molar-refractivity contribution >= 4 is 17.2 Å². The third kappa shape index (κ3) is 3.04. The maximum absolute atomic E-state index is 9.96. The molecule has 0 bridgehead atoms. The minimum atomic E-state index is 0.232. The molecule has 2 aromatic heterocycles. The molecule has 0 unspecified atom stereocenters. The summed E-state index contributed by atoms with van der Waals surface area (Å²) in [6.45, 7) is 8.37. The molecule has 0 aliphatic rings. The first-order valence-corrected chi connectivity index (χ1v) is 9.06. The minimum Gasteiger partial charge on any atom is -0.508 e. The van der Waals surface area contributed by atoms with E-state index in [9.17, 15) is 5.11 Å². The highest BCUT2D eigenvalue weighted by Gasteiger charge is 2.18. The maximum Gasteiger partial charge on any atom is 0.143 e. The summed E-state index contributed by atoms with van der Waals surface area (Å²) in [6.07, 6.45) is 0. The van der Waals surface area contributed by atoms with Gasteiger partial charge in [0, 0.05) is 16.9 Å². The Morgan fingerprint density at radius 2 is 1.59 bits per heavy atom. The van der Waals surface area contributed by atoms with Gasteiger partial charge in [-0.05, 0) is 68.7 Å². The molecule has 0 spiro atoms. The fraction of sp³-hybridized carbons (Fsp3) is 0.174. The van der Waals surface area contributed by atoms with Crippen molar-refractivity contribution in [2.45, 2.75) is 27.7 Å². The number of nitrogens with one attached hydrogen (secondary N) is 1. The first kappa shape index (κ1) is 17.2. The highest BCUT2D eigenvalue weighted by Crippen LogP contribution is 2.35. The third-order valence-corrected chi connectivity index (χ3v) is 4.89. The summed E-state index contributed by atoms with van der Waals surface area (Å²) in [5.41, 5.74) is 8.31. The van der Waals surface area contributed by atoms with Gasteiger partial charge in [-0.2, -0.15) is 0 Å². The number of aryl methyl sites for hydroxylation is 4. The van der Waals surface area contributed by atoms with Gasteiger partial charge < -0.3 is 10.4 Å². The number of phenolic OH excluding ortho intramolecular Hbond substituents is 1. The predicted octanol–water partition coefficient (Wildman–Crippen LogP) is 5.68. The Bertz CT molecular complexity index is 1140. The lowest BCUT2D eigenvalue weighted by Crippen LogP contribution is -2.02. The van der Waals surface area contributed by atoms with Crippen molar-refractivity contribution in [3.8, 4) is 17.0 Å². The van der Waals surface area contributed by atoms with Gasteiger partial charge >= 0.3 is 0 Å². The Kier molecular flexibility index (Phi) is 4.11. The molecule has 0 radical (unpaired) electrons. The number of benzene rings is 2. The normalized spacial score (nSPS) is 11.1. The van der Waals surface area contributed by atoms with E-state index in [1.807, 2.05) is 12.1 Å². The largest absolute Gasteiger partial charge is 0.508 e. The Hall–Kier alpha value is -3.27. The summed E-state index contributed by atoms with van der Waals surface area (Å²) < 4.78 is 2.14. The number of pyridine rings is 1. The van der Waals surface area contributed by atoms with E-state index in [0.29, 0.717) is 0 Å². The number of nitrogens with zero attached hydrogens (tertiary/aromatic N) is 2. The molecule has 4 nitrogen and oxygen atoms in total. The lowest BCUT2D eigenvalue weighted by molar-refractivity contribution is 0.475. The number of rotatable bonds is 3. The molecular weight excluding hydrogens is 334 g/mol. The third-order valence-electron chi connectivity index (χ3n) is 4.89. The van der Waals surface area contributed by atoms with Crippen LogP contribution in [0.5, 0.6) is 5.75 Å². The van der Waals surface area contributed by atoms with Crippen LogP contribution < -0.4 is 5.32 Å². The van der Waals surface area contributed by atoms with Gasteiger partial charge in [-0.3, -0.25) is 4.40 Å². The van der Waals surface area contributed by atoms with Crippen LogP contribution in [-0.2, 0) is 0 Å². The molecule has 0 aliphatic carbocycles. The average Bonchev–Trinajstić information content (AvgIpc) is 2.96. The van der Waals surface area contributed by atoms with Gasteiger partial charge in [-0.15, -0.1) is 0 Å². The highest BCUT2D eigenvalue weighted by atomic mass is 16.3. The standard InChI is InChI=1S/C23H23N3O/c1-14-11-17(4)26-20(12-14)24-22(18-9-6-10-19(27)13-18)23(26)25-21-15(2)7-5-8-16(21)3/h5-13,25,27H,1-4H3. The molecular formula is C23H23N3O. The Morgan fingerprint density at radius 1 is 0.889 bits per heavy atom. The number of aromatic hydroxyl groups is 1. The zero-order chi connectivity index (χ0) is 19.1. The molecule has 27 heavy (non-hydrogen) atoms. The van der Waals surface area contributed by atoms with Crippen LogP contribution in [0, 0.1) is 27.7 Å². The number of para-hydroxylation sites is 1. The van der Waals surface area contributed by atoms with E-state index in [-0.39, 0.29) is 5.75 Å². The Labute approximate surface area is 159 Å². The molecule has 136 valence electrons. The van der Waals surface area contributed by atoms with Gasteiger partial charge in [-0.25, -0.2) is 4.98 Å². The molecule has 4 aromatic rings. The van der Waals surface area contributed by atoms with Crippen LogP contribution in [0.25, 0.3) is 16.9 Å². The monoisotopic (exact) mass is 357 g/mol. The average molecular weight is 357 g/mol. The SMILES string of the molecule is Cc1cc(C)n2c(Nc3c(C)cccc3C)c(-c3cccc(O)c3)nc2c1. The number of aromatic nitrogens is 2. The molecule has 2 N–H and O–H groups in total. The fourth-order valence-corrected chi connectivity index (χ4v) is 3.63. The van der Waals surface area contributed by atoms with Crippen LogP contribution in [0.15, 0.2) is 54.6 Å². The molecule has 0 amide bonds. The highest BCUT2D eigenvalue weighted by molar-refractivity contribution is 5.82. The second kappa shape index (κ2) is 6.47. The van der Waals surface area contributed by atoms with Crippen LogP contribution in [0.1, 0.15) is 22.4 Å². The van der Waals surface area contributed by atoms with Crippen LogP contribution in [0.3, 0.4) is 0 Å². The summed E-state index contributed by atoms with van der Waals surface area (Å²) >= 11 is 0. The minimum absolute atomic E-state index is 0.232. The van der Waals surface area contributed by atoms with E-state index in [2.05, 4.69) is 67.7 Å². The van der Waals surface area contributed by atoms with Crippen LogP contribution in [0.4, 0.5) is 11.5 Å². The molecule has 0 saturated heterocycles. The quantitative estimate of drug-likeness (QED) is 0.495. The smallest absolute Gasteiger partial charge is 0.143 e. The Morgan fingerprint density at radius 3 is 2.30 bits per heavy atom. The van der Waals surface area contributed by atoms with Crippen molar-refractivity contribution in [2.24, 2.45) is 0 Å². The molecule has 4 rings (SSSR count). The number of imidazole rings is 1. The first-order valence-electron chi connectivity index (χ1n) is 9.06. The maximum atomic E-state index is 9.96. The summed E-state index contributed by atoms with van der Waals surface area (Å²) in [6, 6.07) is 17.7. The van der Waals surface area contributed by atoms with E-state index in [1.165, 1.54) is 16.7 Å². The molecule has 4 heteroatoms.